The lowest BCUT2D eigenvalue weighted by Crippen LogP contribution is -2.30. The van der Waals surface area contributed by atoms with Gasteiger partial charge in [0.05, 0.1) is 11.4 Å². The Morgan fingerprint density at radius 1 is 0.688 bits per heavy atom. The zero-order chi connectivity index (χ0) is 21.9. The van der Waals surface area contributed by atoms with Crippen molar-refractivity contribution in [3.05, 3.63) is 113 Å². The van der Waals surface area contributed by atoms with E-state index >= 15 is 0 Å². The molecule has 0 radical (unpaired) electrons. The first-order valence-electron chi connectivity index (χ1n) is 11.3. The van der Waals surface area contributed by atoms with Gasteiger partial charge in [-0.3, -0.25) is 4.99 Å². The summed E-state index contributed by atoms with van der Waals surface area (Å²) in [5.74, 6) is 0. The Hall–Kier alpha value is -3.65. The van der Waals surface area contributed by atoms with Gasteiger partial charge in [0.1, 0.15) is 0 Å². The highest BCUT2D eigenvalue weighted by atomic mass is 15.1. The quantitative estimate of drug-likeness (QED) is 0.333. The van der Waals surface area contributed by atoms with Crippen LogP contribution in [0.5, 0.6) is 0 Å². The number of benzene rings is 4. The van der Waals surface area contributed by atoms with Gasteiger partial charge in [-0.05, 0) is 57.6 Å². The molecule has 0 aliphatic carbocycles. The van der Waals surface area contributed by atoms with E-state index in [0.29, 0.717) is 0 Å². The van der Waals surface area contributed by atoms with Crippen LogP contribution in [0.15, 0.2) is 96.0 Å². The number of nitrogens with zero attached hydrogens (tertiary/aromatic N) is 2. The third-order valence-electron chi connectivity index (χ3n) is 7.13. The third-order valence-corrected chi connectivity index (χ3v) is 7.13. The number of hydrogen-bond donors (Lipinski definition) is 0. The van der Waals surface area contributed by atoms with Gasteiger partial charge in [0.25, 0.3) is 0 Å². The molecule has 0 fully saturated rings. The molecule has 2 nitrogen and oxygen atoms in total. The minimum atomic E-state index is -0.0429. The van der Waals surface area contributed by atoms with Gasteiger partial charge in [-0.25, -0.2) is 0 Å². The van der Waals surface area contributed by atoms with Crippen molar-refractivity contribution in [2.75, 3.05) is 11.9 Å². The van der Waals surface area contributed by atoms with Gasteiger partial charge in [0.2, 0.25) is 0 Å². The SMILES string of the molecule is CN1c2ccccc2C(C)(C)c2cc(-c3ccc(C4=Nc5ccccc5C4)cc3)ccc21. The summed E-state index contributed by atoms with van der Waals surface area (Å²) < 4.78 is 0. The molecule has 0 spiro atoms. The Labute approximate surface area is 189 Å². The van der Waals surface area contributed by atoms with Crippen LogP contribution in [0.25, 0.3) is 11.1 Å². The predicted molar refractivity (Wildman–Crippen MR) is 135 cm³/mol. The van der Waals surface area contributed by atoms with Gasteiger partial charge in [-0.2, -0.15) is 0 Å². The van der Waals surface area contributed by atoms with E-state index in [2.05, 4.69) is 117 Å². The fraction of sp³-hybridized carbons (Fsp3) is 0.167. The molecular weight excluding hydrogens is 388 g/mol. The van der Waals surface area contributed by atoms with Crippen molar-refractivity contribution in [2.24, 2.45) is 4.99 Å². The van der Waals surface area contributed by atoms with Gasteiger partial charge >= 0.3 is 0 Å². The fourth-order valence-corrected chi connectivity index (χ4v) is 5.23. The fourth-order valence-electron chi connectivity index (χ4n) is 5.23. The Bertz CT molecular complexity index is 1380. The molecule has 4 aromatic carbocycles. The molecule has 0 amide bonds. The van der Waals surface area contributed by atoms with Crippen LogP contribution in [0, 0.1) is 0 Å². The average Bonchev–Trinajstić information content (AvgIpc) is 3.27. The molecule has 4 aromatic rings. The molecule has 2 aliphatic rings. The van der Waals surface area contributed by atoms with Gasteiger partial charge in [-0.1, -0.05) is 80.6 Å². The molecule has 0 bridgehead atoms. The van der Waals surface area contributed by atoms with E-state index in [-0.39, 0.29) is 5.41 Å². The zero-order valence-corrected chi connectivity index (χ0v) is 18.8. The first-order valence-corrected chi connectivity index (χ1v) is 11.3. The van der Waals surface area contributed by atoms with E-state index in [0.717, 1.165) is 17.8 Å². The molecular formula is C30H26N2. The van der Waals surface area contributed by atoms with Crippen LogP contribution in [0.4, 0.5) is 17.1 Å². The smallest absolute Gasteiger partial charge is 0.0669 e. The Morgan fingerprint density at radius 2 is 1.34 bits per heavy atom. The van der Waals surface area contributed by atoms with Crippen molar-refractivity contribution in [3.8, 4) is 11.1 Å². The number of rotatable bonds is 2. The summed E-state index contributed by atoms with van der Waals surface area (Å²) in [5.41, 5.74) is 12.6. The molecule has 0 unspecified atom stereocenters. The van der Waals surface area contributed by atoms with E-state index in [9.17, 15) is 0 Å². The number of hydrogen-bond acceptors (Lipinski definition) is 2. The monoisotopic (exact) mass is 414 g/mol. The molecule has 0 atom stereocenters. The maximum atomic E-state index is 4.84. The summed E-state index contributed by atoms with van der Waals surface area (Å²) in [7, 11) is 2.17. The number of fused-ring (bicyclic) bond motifs is 3. The van der Waals surface area contributed by atoms with Crippen LogP contribution in [-0.4, -0.2) is 12.8 Å². The lowest BCUT2D eigenvalue weighted by molar-refractivity contribution is 0.630. The Kier molecular flexibility index (Phi) is 4.13. The lowest BCUT2D eigenvalue weighted by Gasteiger charge is -2.40. The number of aliphatic imine (C=N–C) groups is 1. The summed E-state index contributed by atoms with van der Waals surface area (Å²) in [6.45, 7) is 4.67. The molecule has 2 heteroatoms. The van der Waals surface area contributed by atoms with Gasteiger partial charge < -0.3 is 4.90 Å². The molecule has 6 rings (SSSR count). The van der Waals surface area contributed by atoms with E-state index in [1.165, 1.54) is 44.8 Å². The molecule has 156 valence electrons. The summed E-state index contributed by atoms with van der Waals surface area (Å²) >= 11 is 0. The number of para-hydroxylation sites is 2. The van der Waals surface area contributed by atoms with Crippen LogP contribution in [0.2, 0.25) is 0 Å². The van der Waals surface area contributed by atoms with E-state index < -0.39 is 0 Å². The van der Waals surface area contributed by atoms with Crippen molar-refractivity contribution in [1.29, 1.82) is 0 Å². The van der Waals surface area contributed by atoms with E-state index in [1.807, 2.05) is 0 Å². The topological polar surface area (TPSA) is 15.6 Å². The third kappa shape index (κ3) is 2.83. The maximum Gasteiger partial charge on any atom is 0.0669 e. The summed E-state index contributed by atoms with van der Waals surface area (Å²) in [5, 5.41) is 0. The van der Waals surface area contributed by atoms with Crippen LogP contribution >= 0.6 is 0 Å². The summed E-state index contributed by atoms with van der Waals surface area (Å²) in [4.78, 5) is 7.16. The minimum Gasteiger partial charge on any atom is -0.344 e. The normalized spacial score (nSPS) is 15.6. The van der Waals surface area contributed by atoms with Crippen molar-refractivity contribution < 1.29 is 0 Å². The molecule has 0 saturated carbocycles. The highest BCUT2D eigenvalue weighted by molar-refractivity contribution is 6.06. The molecule has 2 aliphatic heterocycles. The first kappa shape index (κ1) is 19.1. The molecule has 0 N–H and O–H groups in total. The van der Waals surface area contributed by atoms with Crippen LogP contribution in [-0.2, 0) is 11.8 Å². The van der Waals surface area contributed by atoms with Gasteiger partial charge in [0, 0.05) is 30.3 Å². The van der Waals surface area contributed by atoms with E-state index in [4.69, 9.17) is 4.99 Å². The first-order chi connectivity index (χ1) is 15.5. The molecule has 0 saturated heterocycles. The Morgan fingerprint density at radius 3 is 2.16 bits per heavy atom. The number of anilines is 2. The van der Waals surface area contributed by atoms with Crippen molar-refractivity contribution in [1.82, 2.24) is 0 Å². The van der Waals surface area contributed by atoms with Crippen molar-refractivity contribution in [3.63, 3.8) is 0 Å². The lowest BCUT2D eigenvalue weighted by atomic mass is 9.73. The second kappa shape index (κ2) is 6.93. The molecule has 2 heterocycles. The maximum absolute atomic E-state index is 4.84. The largest absolute Gasteiger partial charge is 0.344 e. The van der Waals surface area contributed by atoms with Gasteiger partial charge in [-0.15, -0.1) is 0 Å². The van der Waals surface area contributed by atoms with Crippen LogP contribution < -0.4 is 4.90 Å². The summed E-state index contributed by atoms with van der Waals surface area (Å²) in [6.07, 6.45) is 0.911. The highest BCUT2D eigenvalue weighted by Gasteiger charge is 2.34. The van der Waals surface area contributed by atoms with E-state index in [1.54, 1.807) is 0 Å². The average molecular weight is 415 g/mol. The van der Waals surface area contributed by atoms with Crippen molar-refractivity contribution >= 4 is 22.8 Å². The van der Waals surface area contributed by atoms with Gasteiger partial charge in [0.15, 0.2) is 0 Å². The zero-order valence-electron chi connectivity index (χ0n) is 18.8. The molecule has 0 aromatic heterocycles. The summed E-state index contributed by atoms with van der Waals surface area (Å²) in [6, 6.07) is 33.0. The van der Waals surface area contributed by atoms with Crippen molar-refractivity contribution in [2.45, 2.75) is 25.7 Å². The standard InChI is InChI=1S/C30H26N2/c1-30(2)24-9-5-7-11-28(24)32(3)29-17-16-22(18-25(29)30)20-12-14-21(15-13-20)27-19-23-8-4-6-10-26(23)31-27/h4-18H,19H2,1-3H3. The minimum absolute atomic E-state index is 0.0429. The predicted octanol–water partition coefficient (Wildman–Crippen LogP) is 7.44. The van der Waals surface area contributed by atoms with Crippen LogP contribution in [0.3, 0.4) is 0 Å². The Balaban J connectivity index is 1.35. The second-order valence-electron chi connectivity index (χ2n) is 9.37. The van der Waals surface area contributed by atoms with Crippen LogP contribution in [0.1, 0.15) is 36.1 Å². The highest BCUT2D eigenvalue weighted by Crippen LogP contribution is 2.49. The molecule has 32 heavy (non-hydrogen) atoms. The second-order valence-corrected chi connectivity index (χ2v) is 9.37.